The average Bonchev–Trinajstić information content (AvgIpc) is 3.28. The van der Waals surface area contributed by atoms with E-state index in [1.807, 2.05) is 13.0 Å². The first kappa shape index (κ1) is 21.6. The predicted octanol–water partition coefficient (Wildman–Crippen LogP) is 5.16. The number of benzene rings is 1. The molecule has 6 rings (SSSR count). The van der Waals surface area contributed by atoms with E-state index in [1.165, 1.54) is 19.3 Å². The summed E-state index contributed by atoms with van der Waals surface area (Å²) in [7, 11) is 1.74. The average molecular weight is 445 g/mol. The van der Waals surface area contributed by atoms with Gasteiger partial charge in [0, 0.05) is 7.05 Å². The summed E-state index contributed by atoms with van der Waals surface area (Å²) in [5.74, 6) is 0.298. The normalized spacial score (nSPS) is 24.1. The molecule has 0 spiro atoms. The van der Waals surface area contributed by atoms with Crippen LogP contribution in [0.25, 0.3) is 22.7 Å². The van der Waals surface area contributed by atoms with Gasteiger partial charge in [-0.1, -0.05) is 6.92 Å². The van der Waals surface area contributed by atoms with Crippen molar-refractivity contribution in [3.8, 4) is 17.7 Å². The van der Waals surface area contributed by atoms with E-state index in [1.54, 1.807) is 36.3 Å². The maximum atomic E-state index is 12.8. The lowest BCUT2D eigenvalue weighted by atomic mass is 9.59. The molecular formula is C26H28N4O3. The van der Waals surface area contributed by atoms with Gasteiger partial charge in [-0.25, -0.2) is 9.97 Å². The van der Waals surface area contributed by atoms with Gasteiger partial charge in [-0.15, -0.1) is 0 Å². The summed E-state index contributed by atoms with van der Waals surface area (Å²) in [6, 6.07) is 9.22. The molecule has 0 atom stereocenters. The number of nitrogens with zero attached hydrogens (tertiary/aromatic N) is 4. The highest BCUT2D eigenvalue weighted by Crippen LogP contribution is 2.53. The lowest BCUT2D eigenvalue weighted by molar-refractivity contribution is -0.149. The van der Waals surface area contributed by atoms with E-state index in [0.717, 1.165) is 24.8 Å². The van der Waals surface area contributed by atoms with Crippen LogP contribution in [-0.4, -0.2) is 35.1 Å². The second-order valence-corrected chi connectivity index (χ2v) is 9.91. The van der Waals surface area contributed by atoms with Crippen LogP contribution < -0.4 is 4.90 Å². The molecule has 0 N–H and O–H groups in total. The Hall–Kier alpha value is -3.24. The van der Waals surface area contributed by atoms with Crippen LogP contribution in [0, 0.1) is 23.7 Å². The highest BCUT2D eigenvalue weighted by atomic mass is 16.5. The molecule has 0 aliphatic heterocycles. The van der Waals surface area contributed by atoms with Crippen LogP contribution in [0.15, 0.2) is 34.9 Å². The number of aryl methyl sites for hydroxylation is 1. The molecule has 1 amide bonds. The maximum absolute atomic E-state index is 12.8. The van der Waals surface area contributed by atoms with Crippen LogP contribution in [0.1, 0.15) is 56.6 Å². The van der Waals surface area contributed by atoms with Crippen LogP contribution in [0.5, 0.6) is 0 Å². The molecule has 33 heavy (non-hydrogen) atoms. The zero-order valence-electron chi connectivity index (χ0n) is 19.4. The Labute approximate surface area is 193 Å². The number of aromatic nitrogens is 2. The van der Waals surface area contributed by atoms with Gasteiger partial charge in [0.15, 0.2) is 5.58 Å². The molecular weight excluding hydrogens is 416 g/mol. The number of ether oxygens (including phenoxy) is 1. The number of fused-ring (bicyclic) bond motifs is 4. The van der Waals surface area contributed by atoms with Crippen molar-refractivity contribution in [3.63, 3.8) is 0 Å². The van der Waals surface area contributed by atoms with Crippen molar-refractivity contribution in [1.82, 2.24) is 9.97 Å². The van der Waals surface area contributed by atoms with Gasteiger partial charge in [-0.2, -0.15) is 5.26 Å². The summed E-state index contributed by atoms with van der Waals surface area (Å²) in [5, 5.41) is 9.16. The molecule has 1 aromatic carbocycles. The molecule has 2 aromatic heterocycles. The van der Waals surface area contributed by atoms with Crippen molar-refractivity contribution in [3.05, 3.63) is 41.6 Å². The summed E-state index contributed by atoms with van der Waals surface area (Å²) in [6.45, 7) is 4.34. The number of carbonyl (C=O) groups is 1. The SMILES string of the molecule is Cc1cc(C#N)cc2nc(-c3ccc(N(C)C(=O)COC45CCC(C)(CC4)CC5)cn3)oc12. The number of likely N-dealkylation sites (N-methyl/N-ethyl adjacent to an activating group) is 1. The van der Waals surface area contributed by atoms with Crippen molar-refractivity contribution >= 4 is 22.7 Å². The number of amides is 1. The number of hydrogen-bond acceptors (Lipinski definition) is 6. The van der Waals surface area contributed by atoms with E-state index in [2.05, 4.69) is 23.0 Å². The van der Waals surface area contributed by atoms with Gasteiger partial charge in [0.05, 0.1) is 29.1 Å². The molecule has 0 radical (unpaired) electrons. The summed E-state index contributed by atoms with van der Waals surface area (Å²) in [5.41, 5.74) is 4.27. The van der Waals surface area contributed by atoms with Crippen molar-refractivity contribution < 1.29 is 13.9 Å². The summed E-state index contributed by atoms with van der Waals surface area (Å²) in [6.07, 6.45) is 8.37. The molecule has 170 valence electrons. The first-order valence-electron chi connectivity index (χ1n) is 11.5. The first-order valence-corrected chi connectivity index (χ1v) is 11.5. The minimum Gasteiger partial charge on any atom is -0.434 e. The Balaban J connectivity index is 1.26. The van der Waals surface area contributed by atoms with Gasteiger partial charge in [0.2, 0.25) is 5.89 Å². The minimum atomic E-state index is -0.118. The van der Waals surface area contributed by atoms with Crippen molar-refractivity contribution in [2.45, 2.75) is 58.0 Å². The second-order valence-electron chi connectivity index (χ2n) is 9.91. The molecule has 7 heteroatoms. The third-order valence-electron chi connectivity index (χ3n) is 7.59. The van der Waals surface area contributed by atoms with E-state index in [4.69, 9.17) is 14.4 Å². The molecule has 2 bridgehead atoms. The summed E-state index contributed by atoms with van der Waals surface area (Å²) < 4.78 is 12.1. The molecule has 3 aromatic rings. The highest BCUT2D eigenvalue weighted by Gasteiger charge is 2.47. The van der Waals surface area contributed by atoms with Crippen LogP contribution in [0.2, 0.25) is 0 Å². The topological polar surface area (TPSA) is 92.2 Å². The first-order chi connectivity index (χ1) is 15.8. The van der Waals surface area contributed by atoms with E-state index in [-0.39, 0.29) is 18.1 Å². The molecule has 7 nitrogen and oxygen atoms in total. The number of carbonyl (C=O) groups excluding carboxylic acids is 1. The smallest absolute Gasteiger partial charge is 0.252 e. The van der Waals surface area contributed by atoms with E-state index in [0.29, 0.717) is 39.4 Å². The Morgan fingerprint density at radius 2 is 1.94 bits per heavy atom. The summed E-state index contributed by atoms with van der Waals surface area (Å²) >= 11 is 0. The van der Waals surface area contributed by atoms with E-state index in [9.17, 15) is 4.79 Å². The third-order valence-corrected chi connectivity index (χ3v) is 7.59. The number of pyridine rings is 1. The molecule has 0 saturated heterocycles. The molecule has 3 aliphatic carbocycles. The molecule has 2 heterocycles. The molecule has 3 fully saturated rings. The van der Waals surface area contributed by atoms with Gasteiger partial charge in [-0.05, 0) is 80.7 Å². The number of hydrogen-bond donors (Lipinski definition) is 0. The van der Waals surface area contributed by atoms with Gasteiger partial charge in [0.1, 0.15) is 17.8 Å². The number of anilines is 1. The Morgan fingerprint density at radius 3 is 2.58 bits per heavy atom. The number of nitriles is 1. The standard InChI is InChI=1S/C26H28N4O3/c1-17-12-18(14-27)13-21-23(17)33-24(29-21)20-5-4-19(15-28-20)30(3)22(31)16-32-26-9-6-25(2,7-10-26)8-11-26/h4-5,12-13,15H,6-11,16H2,1-3H3. The van der Waals surface area contributed by atoms with Crippen LogP contribution in [0.4, 0.5) is 5.69 Å². The van der Waals surface area contributed by atoms with Gasteiger partial charge >= 0.3 is 0 Å². The lowest BCUT2D eigenvalue weighted by Gasteiger charge is -2.51. The van der Waals surface area contributed by atoms with Crippen LogP contribution in [0.3, 0.4) is 0 Å². The Bertz CT molecular complexity index is 1230. The minimum absolute atomic E-state index is 0.0839. The van der Waals surface area contributed by atoms with Gasteiger partial charge < -0.3 is 14.1 Å². The van der Waals surface area contributed by atoms with Crippen molar-refractivity contribution in [1.29, 1.82) is 5.26 Å². The third kappa shape index (κ3) is 4.00. The van der Waals surface area contributed by atoms with Gasteiger partial charge in [-0.3, -0.25) is 4.79 Å². The Morgan fingerprint density at radius 1 is 1.21 bits per heavy atom. The Kier molecular flexibility index (Phi) is 5.21. The highest BCUT2D eigenvalue weighted by molar-refractivity contribution is 5.93. The largest absolute Gasteiger partial charge is 0.434 e. The van der Waals surface area contributed by atoms with Crippen molar-refractivity contribution in [2.75, 3.05) is 18.6 Å². The fourth-order valence-corrected chi connectivity index (χ4v) is 5.10. The zero-order chi connectivity index (χ0) is 23.2. The predicted molar refractivity (Wildman–Crippen MR) is 125 cm³/mol. The number of oxazole rings is 1. The molecule has 3 saturated carbocycles. The van der Waals surface area contributed by atoms with E-state index >= 15 is 0 Å². The second kappa shape index (κ2) is 7.96. The van der Waals surface area contributed by atoms with Gasteiger partial charge in [0.25, 0.3) is 5.91 Å². The molecule has 3 aliphatic rings. The monoisotopic (exact) mass is 444 g/mol. The van der Waals surface area contributed by atoms with Crippen LogP contribution >= 0.6 is 0 Å². The quantitative estimate of drug-likeness (QED) is 0.540. The maximum Gasteiger partial charge on any atom is 0.252 e. The lowest BCUT2D eigenvalue weighted by Crippen LogP contribution is -2.48. The number of rotatable bonds is 5. The zero-order valence-corrected chi connectivity index (χ0v) is 19.4. The summed E-state index contributed by atoms with van der Waals surface area (Å²) in [4.78, 5) is 23.3. The fourth-order valence-electron chi connectivity index (χ4n) is 5.10. The molecule has 0 unspecified atom stereocenters. The van der Waals surface area contributed by atoms with Crippen LogP contribution in [-0.2, 0) is 9.53 Å². The van der Waals surface area contributed by atoms with E-state index < -0.39 is 0 Å². The fraction of sp³-hybridized carbons (Fsp3) is 0.462. The van der Waals surface area contributed by atoms with Crippen molar-refractivity contribution in [2.24, 2.45) is 5.41 Å².